The minimum Gasteiger partial charge on any atom is -0.361 e. The van der Waals surface area contributed by atoms with Crippen LogP contribution in [0.25, 0.3) is 21.5 Å². The quantitative estimate of drug-likeness (QED) is 0.443. The molecule has 1 N–H and O–H groups in total. The molecule has 0 heterocycles. The smallest absolute Gasteiger partial charge is 0.361 e. The summed E-state index contributed by atoms with van der Waals surface area (Å²) in [7, 11) is -4.52. The fourth-order valence-electron chi connectivity index (χ4n) is 2.12. The molecule has 0 saturated carbocycles. The molecule has 3 aromatic carbocycles. The van der Waals surface area contributed by atoms with Crippen molar-refractivity contribution in [3.8, 4) is 5.75 Å². The summed E-state index contributed by atoms with van der Waals surface area (Å²) in [6.07, 6.45) is 0. The van der Waals surface area contributed by atoms with Gasteiger partial charge in [0.25, 0.3) is 0 Å². The summed E-state index contributed by atoms with van der Waals surface area (Å²) in [5.74, 6) is 0.116. The van der Waals surface area contributed by atoms with E-state index in [4.69, 9.17) is 4.55 Å². The minimum atomic E-state index is -4.52. The van der Waals surface area contributed by atoms with Crippen LogP contribution in [0.4, 0.5) is 0 Å². The molecule has 0 aliphatic heterocycles. The van der Waals surface area contributed by atoms with Crippen molar-refractivity contribution in [2.75, 3.05) is 0 Å². The predicted octanol–water partition coefficient (Wildman–Crippen LogP) is 3.17. The zero-order chi connectivity index (χ0) is 13.5. The van der Waals surface area contributed by atoms with Crippen molar-refractivity contribution in [1.82, 2.24) is 0 Å². The van der Waals surface area contributed by atoms with E-state index >= 15 is 0 Å². The molecule has 0 bridgehead atoms. The largest absolute Gasteiger partial charge is 0.446 e. The van der Waals surface area contributed by atoms with E-state index in [1.807, 2.05) is 42.5 Å². The molecule has 3 aromatic rings. The van der Waals surface area contributed by atoms with E-state index in [-0.39, 0.29) is 22.8 Å². The maximum atomic E-state index is 10.8. The Morgan fingerprint density at radius 1 is 0.850 bits per heavy atom. The second-order valence-electron chi connectivity index (χ2n) is 4.19. The van der Waals surface area contributed by atoms with Gasteiger partial charge >= 0.3 is 10.4 Å². The van der Waals surface area contributed by atoms with E-state index < -0.39 is 10.4 Å². The van der Waals surface area contributed by atoms with Crippen molar-refractivity contribution in [1.29, 1.82) is 0 Å². The van der Waals surface area contributed by atoms with Crippen LogP contribution >= 0.6 is 0 Å². The van der Waals surface area contributed by atoms with Crippen LogP contribution in [0.3, 0.4) is 0 Å². The molecule has 107 valence electrons. The molecule has 0 amide bonds. The van der Waals surface area contributed by atoms with Gasteiger partial charge in [-0.15, -0.1) is 0 Å². The van der Waals surface area contributed by atoms with Gasteiger partial charge in [0, 0.05) is 22.5 Å². The Kier molecular flexibility index (Phi) is 4.01. The Balaban J connectivity index is 0.00000147. The average molecular weight is 338 g/mol. The second-order valence-corrected chi connectivity index (χ2v) is 5.21. The van der Waals surface area contributed by atoms with Crippen molar-refractivity contribution in [3.63, 3.8) is 0 Å². The van der Waals surface area contributed by atoms with Gasteiger partial charge < -0.3 is 4.18 Å². The van der Waals surface area contributed by atoms with E-state index in [9.17, 15) is 8.42 Å². The standard InChI is InChI=1S/C14H10O4S.Cu/c15-19(16,17)18-14-7-3-6-12-8-10-4-1-2-5-11(10)9-13(12)14;/h1-9H,(H,15,16,17);. The number of fused-ring (bicyclic) bond motifs is 2. The van der Waals surface area contributed by atoms with Crippen molar-refractivity contribution in [2.24, 2.45) is 0 Å². The molecule has 0 aliphatic carbocycles. The first-order valence-electron chi connectivity index (χ1n) is 5.61. The Morgan fingerprint density at radius 3 is 2.10 bits per heavy atom. The fourth-order valence-corrected chi connectivity index (χ4v) is 2.50. The molecule has 0 unspecified atom stereocenters. The molecule has 4 nitrogen and oxygen atoms in total. The molecule has 6 heteroatoms. The normalized spacial score (nSPS) is 11.2. The van der Waals surface area contributed by atoms with Crippen LogP contribution in [0.15, 0.2) is 54.6 Å². The van der Waals surface area contributed by atoms with Crippen LogP contribution in [0.1, 0.15) is 0 Å². The third kappa shape index (κ3) is 2.94. The second kappa shape index (κ2) is 5.42. The first kappa shape index (κ1) is 14.8. The molecular weight excluding hydrogens is 328 g/mol. The van der Waals surface area contributed by atoms with E-state index in [0.717, 1.165) is 16.2 Å². The van der Waals surface area contributed by atoms with Crippen LogP contribution in [0.5, 0.6) is 5.75 Å². The number of hydrogen-bond acceptors (Lipinski definition) is 3. The first-order valence-corrected chi connectivity index (χ1v) is 6.98. The number of benzene rings is 3. The molecule has 0 atom stereocenters. The van der Waals surface area contributed by atoms with Gasteiger partial charge in [-0.25, -0.2) is 0 Å². The molecule has 1 radical (unpaired) electrons. The zero-order valence-corrected chi connectivity index (χ0v) is 11.8. The predicted molar refractivity (Wildman–Crippen MR) is 73.6 cm³/mol. The van der Waals surface area contributed by atoms with E-state index in [1.165, 1.54) is 6.07 Å². The van der Waals surface area contributed by atoms with E-state index in [2.05, 4.69) is 4.18 Å². The van der Waals surface area contributed by atoms with Crippen LogP contribution in [-0.4, -0.2) is 13.0 Å². The maximum absolute atomic E-state index is 10.8. The molecule has 0 aliphatic rings. The molecule has 3 rings (SSSR count). The van der Waals surface area contributed by atoms with Crippen molar-refractivity contribution >= 4 is 31.9 Å². The minimum absolute atomic E-state index is 0. The van der Waals surface area contributed by atoms with Gasteiger partial charge in [0.05, 0.1) is 0 Å². The molecule has 0 spiro atoms. The van der Waals surface area contributed by atoms with Gasteiger partial charge in [-0.2, -0.15) is 8.42 Å². The fraction of sp³-hybridized carbons (Fsp3) is 0. The van der Waals surface area contributed by atoms with E-state index in [1.54, 1.807) is 6.07 Å². The molecule has 20 heavy (non-hydrogen) atoms. The average Bonchev–Trinajstić information content (AvgIpc) is 2.35. The van der Waals surface area contributed by atoms with E-state index in [0.29, 0.717) is 5.39 Å². The Morgan fingerprint density at radius 2 is 1.45 bits per heavy atom. The molecule has 0 fully saturated rings. The number of hydrogen-bond donors (Lipinski definition) is 1. The summed E-state index contributed by atoms with van der Waals surface area (Å²) in [5.41, 5.74) is 0. The van der Waals surface area contributed by atoms with Crippen LogP contribution in [0, 0.1) is 0 Å². The van der Waals surface area contributed by atoms with Crippen LogP contribution < -0.4 is 4.18 Å². The Labute approximate surface area is 126 Å². The number of rotatable bonds is 2. The molecule has 0 saturated heterocycles. The summed E-state index contributed by atoms with van der Waals surface area (Å²) in [6, 6.07) is 16.6. The summed E-state index contributed by atoms with van der Waals surface area (Å²) < 4.78 is 35.1. The summed E-state index contributed by atoms with van der Waals surface area (Å²) in [4.78, 5) is 0. The topological polar surface area (TPSA) is 63.6 Å². The Hall–Kier alpha value is -1.59. The summed E-state index contributed by atoms with van der Waals surface area (Å²) in [5, 5.41) is 3.51. The maximum Gasteiger partial charge on any atom is 0.446 e. The Bertz CT molecular complexity index is 875. The van der Waals surface area contributed by atoms with Crippen molar-refractivity contribution in [2.45, 2.75) is 0 Å². The van der Waals surface area contributed by atoms with Crippen molar-refractivity contribution < 1.29 is 34.2 Å². The first-order chi connectivity index (χ1) is 9.03. The van der Waals surface area contributed by atoms with Gasteiger partial charge in [-0.3, -0.25) is 4.55 Å². The molecular formula is C14H10CuO4S. The van der Waals surface area contributed by atoms with Crippen molar-refractivity contribution in [3.05, 3.63) is 54.6 Å². The third-order valence-corrected chi connectivity index (χ3v) is 3.29. The van der Waals surface area contributed by atoms with Gasteiger partial charge in [-0.05, 0) is 34.4 Å². The SMILES string of the molecule is O=S(=O)(O)Oc1cccc2cc3ccccc3cc12.[Cu]. The summed E-state index contributed by atoms with van der Waals surface area (Å²) >= 11 is 0. The third-order valence-electron chi connectivity index (χ3n) is 2.90. The monoisotopic (exact) mass is 337 g/mol. The van der Waals surface area contributed by atoms with Gasteiger partial charge in [0.1, 0.15) is 0 Å². The van der Waals surface area contributed by atoms with Crippen LogP contribution in [-0.2, 0) is 27.5 Å². The van der Waals surface area contributed by atoms with Gasteiger partial charge in [-0.1, -0.05) is 36.4 Å². The summed E-state index contributed by atoms with van der Waals surface area (Å²) in [6.45, 7) is 0. The van der Waals surface area contributed by atoms with Crippen LogP contribution in [0.2, 0.25) is 0 Å². The van der Waals surface area contributed by atoms with Gasteiger partial charge in [0.2, 0.25) is 0 Å². The zero-order valence-electron chi connectivity index (χ0n) is 10.1. The van der Waals surface area contributed by atoms with Gasteiger partial charge in [0.15, 0.2) is 5.75 Å². The molecule has 0 aromatic heterocycles.